The van der Waals surface area contributed by atoms with Gasteiger partial charge >= 0.3 is 0 Å². The van der Waals surface area contributed by atoms with Gasteiger partial charge in [0.25, 0.3) is 0 Å². The van der Waals surface area contributed by atoms with E-state index in [0.717, 1.165) is 12.8 Å². The van der Waals surface area contributed by atoms with Crippen molar-refractivity contribution >= 4 is 0 Å². The van der Waals surface area contributed by atoms with Crippen molar-refractivity contribution in [3.8, 4) is 0 Å². The molecule has 0 radical (unpaired) electrons. The molecule has 98 valence electrons. The molecule has 2 fully saturated rings. The fraction of sp³-hybridized carbons (Fsp3) is 0.867. The molecule has 1 aliphatic carbocycles. The number of aliphatic hydroxyl groups is 1. The molecule has 2 aliphatic rings. The maximum absolute atomic E-state index is 9.98. The van der Waals surface area contributed by atoms with Gasteiger partial charge in [0, 0.05) is 6.42 Å². The Bertz CT molecular complexity index is 262. The molecule has 0 aromatic carbocycles. The van der Waals surface area contributed by atoms with E-state index < -0.39 is 0 Å². The van der Waals surface area contributed by atoms with Gasteiger partial charge in [0.15, 0.2) is 0 Å². The summed E-state index contributed by atoms with van der Waals surface area (Å²) in [6.07, 6.45) is 10.7. The Morgan fingerprint density at radius 1 is 1.12 bits per heavy atom. The Labute approximate surface area is 105 Å². The average Bonchev–Trinajstić information content (AvgIpc) is 2.28. The Hall–Kier alpha value is -0.340. The molecule has 0 amide bonds. The second-order valence-corrected chi connectivity index (χ2v) is 5.98. The standard InChI is InChI=1S/C15H26O2/c1-11(2)8-14-9-13(16)10-15(17-14)12-6-4-3-5-7-12/h8,12-16H,3-7,9-10H2,1-2H3/t13-,14+,15+/m0/s1. The molecule has 0 unspecified atom stereocenters. The number of ether oxygens (including phenoxy) is 1. The fourth-order valence-corrected chi connectivity index (χ4v) is 3.26. The van der Waals surface area contributed by atoms with E-state index in [-0.39, 0.29) is 12.2 Å². The normalized spacial score (nSPS) is 35.6. The predicted molar refractivity (Wildman–Crippen MR) is 69.9 cm³/mol. The van der Waals surface area contributed by atoms with Gasteiger partial charge in [-0.15, -0.1) is 0 Å². The van der Waals surface area contributed by atoms with Crippen molar-refractivity contribution in [3.63, 3.8) is 0 Å². The summed E-state index contributed by atoms with van der Waals surface area (Å²) in [5.41, 5.74) is 1.28. The number of hydrogen-bond donors (Lipinski definition) is 1. The fourth-order valence-electron chi connectivity index (χ4n) is 3.26. The summed E-state index contributed by atoms with van der Waals surface area (Å²) in [5.74, 6) is 0.687. The van der Waals surface area contributed by atoms with Crippen LogP contribution in [0.1, 0.15) is 58.8 Å². The van der Waals surface area contributed by atoms with E-state index >= 15 is 0 Å². The first-order valence-corrected chi connectivity index (χ1v) is 7.13. The Balaban J connectivity index is 1.95. The van der Waals surface area contributed by atoms with E-state index in [1.807, 2.05) is 0 Å². The first-order chi connectivity index (χ1) is 8.15. The topological polar surface area (TPSA) is 29.5 Å². The van der Waals surface area contributed by atoms with Gasteiger partial charge in [-0.25, -0.2) is 0 Å². The second-order valence-electron chi connectivity index (χ2n) is 5.98. The van der Waals surface area contributed by atoms with Crippen LogP contribution in [-0.4, -0.2) is 23.4 Å². The maximum Gasteiger partial charge on any atom is 0.0786 e. The van der Waals surface area contributed by atoms with Crippen molar-refractivity contribution in [3.05, 3.63) is 11.6 Å². The van der Waals surface area contributed by atoms with Crippen molar-refractivity contribution in [2.45, 2.75) is 77.1 Å². The summed E-state index contributed by atoms with van der Waals surface area (Å²) in [7, 11) is 0. The van der Waals surface area contributed by atoms with Gasteiger partial charge in [-0.3, -0.25) is 0 Å². The summed E-state index contributed by atoms with van der Waals surface area (Å²) >= 11 is 0. The van der Waals surface area contributed by atoms with Crippen LogP contribution in [0.3, 0.4) is 0 Å². The number of aliphatic hydroxyl groups excluding tert-OH is 1. The van der Waals surface area contributed by atoms with Crippen LogP contribution in [0.5, 0.6) is 0 Å². The number of allylic oxidation sites excluding steroid dienone is 1. The third-order valence-corrected chi connectivity index (χ3v) is 4.05. The molecular weight excluding hydrogens is 212 g/mol. The van der Waals surface area contributed by atoms with E-state index in [0.29, 0.717) is 12.0 Å². The lowest BCUT2D eigenvalue weighted by Crippen LogP contribution is -2.39. The van der Waals surface area contributed by atoms with Crippen LogP contribution in [-0.2, 0) is 4.74 Å². The van der Waals surface area contributed by atoms with Crippen LogP contribution in [0.25, 0.3) is 0 Å². The average molecular weight is 238 g/mol. The molecule has 2 heteroatoms. The Morgan fingerprint density at radius 3 is 2.47 bits per heavy atom. The maximum atomic E-state index is 9.98. The van der Waals surface area contributed by atoms with Gasteiger partial charge in [-0.05, 0) is 39.0 Å². The van der Waals surface area contributed by atoms with Gasteiger partial charge in [0.2, 0.25) is 0 Å². The summed E-state index contributed by atoms with van der Waals surface area (Å²) in [6.45, 7) is 4.19. The van der Waals surface area contributed by atoms with Gasteiger partial charge < -0.3 is 9.84 Å². The highest BCUT2D eigenvalue weighted by Crippen LogP contribution is 2.34. The van der Waals surface area contributed by atoms with E-state index in [4.69, 9.17) is 4.74 Å². The first kappa shape index (κ1) is 13.1. The quantitative estimate of drug-likeness (QED) is 0.747. The molecule has 17 heavy (non-hydrogen) atoms. The van der Waals surface area contributed by atoms with Crippen molar-refractivity contribution in [1.82, 2.24) is 0 Å². The van der Waals surface area contributed by atoms with E-state index in [2.05, 4.69) is 19.9 Å². The van der Waals surface area contributed by atoms with Crippen molar-refractivity contribution in [1.29, 1.82) is 0 Å². The highest BCUT2D eigenvalue weighted by molar-refractivity contribution is 5.01. The highest BCUT2D eigenvalue weighted by atomic mass is 16.5. The third-order valence-electron chi connectivity index (χ3n) is 4.05. The zero-order valence-electron chi connectivity index (χ0n) is 11.2. The molecule has 3 atom stereocenters. The minimum absolute atomic E-state index is 0.135. The SMILES string of the molecule is CC(C)=C[C@@H]1C[C@H](O)C[C@H](C2CCCCC2)O1. The smallest absolute Gasteiger partial charge is 0.0786 e. The molecule has 1 aliphatic heterocycles. The molecule has 1 heterocycles. The lowest BCUT2D eigenvalue weighted by atomic mass is 9.81. The summed E-state index contributed by atoms with van der Waals surface area (Å²) in [4.78, 5) is 0. The number of hydrogen-bond acceptors (Lipinski definition) is 2. The minimum Gasteiger partial charge on any atom is -0.393 e. The summed E-state index contributed by atoms with van der Waals surface area (Å²) < 4.78 is 6.17. The lowest BCUT2D eigenvalue weighted by Gasteiger charge is -2.38. The van der Waals surface area contributed by atoms with Gasteiger partial charge in [-0.2, -0.15) is 0 Å². The van der Waals surface area contributed by atoms with Crippen molar-refractivity contribution in [2.75, 3.05) is 0 Å². The second kappa shape index (κ2) is 6.01. The van der Waals surface area contributed by atoms with E-state index in [9.17, 15) is 5.11 Å². The molecule has 2 rings (SSSR count). The minimum atomic E-state index is -0.170. The summed E-state index contributed by atoms with van der Waals surface area (Å²) in [6, 6.07) is 0. The first-order valence-electron chi connectivity index (χ1n) is 7.13. The largest absolute Gasteiger partial charge is 0.393 e. The van der Waals surface area contributed by atoms with Gasteiger partial charge in [-0.1, -0.05) is 30.9 Å². The van der Waals surface area contributed by atoms with Crippen LogP contribution in [0.2, 0.25) is 0 Å². The lowest BCUT2D eigenvalue weighted by molar-refractivity contribution is -0.104. The molecular formula is C15H26O2. The molecule has 0 aromatic heterocycles. The van der Waals surface area contributed by atoms with Crippen LogP contribution < -0.4 is 0 Å². The number of rotatable bonds is 2. The van der Waals surface area contributed by atoms with Crippen molar-refractivity contribution < 1.29 is 9.84 Å². The van der Waals surface area contributed by atoms with Gasteiger partial charge in [0.05, 0.1) is 18.3 Å². The molecule has 1 saturated carbocycles. The van der Waals surface area contributed by atoms with Crippen LogP contribution in [0.15, 0.2) is 11.6 Å². The zero-order chi connectivity index (χ0) is 12.3. The Kier molecular flexibility index (Phi) is 4.63. The zero-order valence-corrected chi connectivity index (χ0v) is 11.2. The molecule has 2 nitrogen and oxygen atoms in total. The van der Waals surface area contributed by atoms with Crippen LogP contribution in [0, 0.1) is 5.92 Å². The van der Waals surface area contributed by atoms with E-state index in [1.165, 1.54) is 37.7 Å². The third kappa shape index (κ3) is 3.82. The van der Waals surface area contributed by atoms with Crippen LogP contribution in [0.4, 0.5) is 0 Å². The Morgan fingerprint density at radius 2 is 1.82 bits per heavy atom. The molecule has 1 saturated heterocycles. The molecule has 1 N–H and O–H groups in total. The van der Waals surface area contributed by atoms with Gasteiger partial charge in [0.1, 0.15) is 0 Å². The summed E-state index contributed by atoms with van der Waals surface area (Å²) in [5, 5.41) is 9.98. The predicted octanol–water partition coefficient (Wildman–Crippen LogP) is 3.44. The van der Waals surface area contributed by atoms with Crippen molar-refractivity contribution in [2.24, 2.45) is 5.92 Å². The molecule has 0 spiro atoms. The molecule has 0 bridgehead atoms. The van der Waals surface area contributed by atoms with E-state index in [1.54, 1.807) is 0 Å². The highest BCUT2D eigenvalue weighted by Gasteiger charge is 2.33. The monoisotopic (exact) mass is 238 g/mol. The van der Waals surface area contributed by atoms with Crippen LogP contribution >= 0.6 is 0 Å². The molecule has 0 aromatic rings.